The summed E-state index contributed by atoms with van der Waals surface area (Å²) in [5.74, 6) is -0.665. The first-order valence-electron chi connectivity index (χ1n) is 5.87. The number of rotatable bonds is 7. The maximum atomic E-state index is 11.8. The lowest BCUT2D eigenvalue weighted by atomic mass is 10.1. The van der Waals surface area contributed by atoms with Crippen LogP contribution in [0.2, 0.25) is 0 Å². The fourth-order valence-electron chi connectivity index (χ4n) is 1.50. The SMILES string of the molecule is CC(C)C/C=C(\CP(=O)(O)CC(C)C)C(=O)O. The van der Waals surface area contributed by atoms with Crippen LogP contribution in [0.15, 0.2) is 11.6 Å². The van der Waals surface area contributed by atoms with Crippen molar-refractivity contribution in [3.63, 3.8) is 0 Å². The first kappa shape index (κ1) is 16.4. The van der Waals surface area contributed by atoms with Gasteiger partial charge in [-0.05, 0) is 18.3 Å². The minimum atomic E-state index is -3.37. The van der Waals surface area contributed by atoms with Gasteiger partial charge in [0.05, 0.1) is 6.16 Å². The summed E-state index contributed by atoms with van der Waals surface area (Å²) in [5, 5.41) is 8.98. The first-order chi connectivity index (χ1) is 7.64. The van der Waals surface area contributed by atoms with Crippen molar-refractivity contribution in [2.45, 2.75) is 34.1 Å². The second kappa shape index (κ2) is 6.97. The molecular formula is C12H23O4P. The Bertz CT molecular complexity index is 331. The summed E-state index contributed by atoms with van der Waals surface area (Å²) in [6, 6.07) is 0. The normalized spacial score (nSPS) is 16.3. The van der Waals surface area contributed by atoms with Gasteiger partial charge in [0.2, 0.25) is 7.37 Å². The van der Waals surface area contributed by atoms with Gasteiger partial charge in [-0.2, -0.15) is 0 Å². The maximum Gasteiger partial charge on any atom is 0.331 e. The van der Waals surface area contributed by atoms with E-state index in [-0.39, 0.29) is 23.8 Å². The first-order valence-corrected chi connectivity index (χ1v) is 7.90. The van der Waals surface area contributed by atoms with Gasteiger partial charge in [-0.15, -0.1) is 0 Å². The third kappa shape index (κ3) is 8.17. The lowest BCUT2D eigenvalue weighted by molar-refractivity contribution is -0.132. The average molecular weight is 262 g/mol. The van der Waals surface area contributed by atoms with Crippen LogP contribution in [0.25, 0.3) is 0 Å². The lowest BCUT2D eigenvalue weighted by Crippen LogP contribution is -2.10. The Morgan fingerprint density at radius 2 is 1.76 bits per heavy atom. The molecule has 0 aromatic carbocycles. The standard InChI is InChI=1S/C12H23O4P/c1-9(2)5-6-11(12(13)14)8-17(15,16)7-10(3)4/h6,9-10H,5,7-8H2,1-4H3,(H,13,14)(H,15,16)/b11-6+. The van der Waals surface area contributed by atoms with E-state index in [2.05, 4.69) is 0 Å². The highest BCUT2D eigenvalue weighted by molar-refractivity contribution is 7.58. The summed E-state index contributed by atoms with van der Waals surface area (Å²) in [5.41, 5.74) is 0.0604. The van der Waals surface area contributed by atoms with Gasteiger partial charge in [-0.1, -0.05) is 33.8 Å². The molecule has 0 aromatic heterocycles. The Morgan fingerprint density at radius 1 is 1.24 bits per heavy atom. The number of carboxylic acids is 1. The molecule has 0 fully saturated rings. The third-order valence-corrected chi connectivity index (χ3v) is 4.31. The minimum Gasteiger partial charge on any atom is -0.478 e. The number of hydrogen-bond acceptors (Lipinski definition) is 2. The number of allylic oxidation sites excluding steroid dienone is 1. The van der Waals surface area contributed by atoms with E-state index in [4.69, 9.17) is 5.11 Å². The molecule has 0 aliphatic rings. The van der Waals surface area contributed by atoms with Crippen LogP contribution in [-0.2, 0) is 9.36 Å². The van der Waals surface area contributed by atoms with Gasteiger partial charge in [-0.25, -0.2) is 4.79 Å². The van der Waals surface area contributed by atoms with E-state index in [0.29, 0.717) is 12.3 Å². The van der Waals surface area contributed by atoms with Gasteiger partial charge < -0.3 is 10.00 Å². The van der Waals surface area contributed by atoms with Gasteiger partial charge in [0.1, 0.15) is 0 Å². The quantitative estimate of drug-likeness (QED) is 0.546. The third-order valence-electron chi connectivity index (χ3n) is 2.18. The van der Waals surface area contributed by atoms with Crippen LogP contribution >= 0.6 is 7.37 Å². The molecule has 0 heterocycles. The zero-order valence-electron chi connectivity index (χ0n) is 11.0. The molecule has 5 heteroatoms. The molecule has 0 saturated heterocycles. The molecule has 0 aromatic rings. The summed E-state index contributed by atoms with van der Waals surface area (Å²) in [6.07, 6.45) is 2.12. The Balaban J connectivity index is 4.71. The second-order valence-electron chi connectivity index (χ2n) is 5.24. The van der Waals surface area contributed by atoms with Crippen molar-refractivity contribution in [3.05, 3.63) is 11.6 Å². The molecular weight excluding hydrogens is 239 g/mol. The van der Waals surface area contributed by atoms with Crippen LogP contribution in [0.5, 0.6) is 0 Å². The van der Waals surface area contributed by atoms with E-state index in [1.807, 2.05) is 27.7 Å². The molecule has 0 saturated carbocycles. The highest BCUT2D eigenvalue weighted by atomic mass is 31.2. The molecule has 0 amide bonds. The van der Waals surface area contributed by atoms with Gasteiger partial charge >= 0.3 is 5.97 Å². The van der Waals surface area contributed by atoms with Crippen LogP contribution in [0, 0.1) is 11.8 Å². The van der Waals surface area contributed by atoms with Crippen LogP contribution in [0.3, 0.4) is 0 Å². The largest absolute Gasteiger partial charge is 0.478 e. The van der Waals surface area contributed by atoms with Crippen molar-refractivity contribution < 1.29 is 19.4 Å². The van der Waals surface area contributed by atoms with E-state index in [1.165, 1.54) is 0 Å². The minimum absolute atomic E-state index is 0.0604. The van der Waals surface area contributed by atoms with Gasteiger partial charge in [-0.3, -0.25) is 4.57 Å². The van der Waals surface area contributed by atoms with Crippen molar-refractivity contribution in [1.82, 2.24) is 0 Å². The van der Waals surface area contributed by atoms with Crippen molar-refractivity contribution >= 4 is 13.3 Å². The van der Waals surface area contributed by atoms with Gasteiger partial charge in [0.15, 0.2) is 0 Å². The number of hydrogen-bond donors (Lipinski definition) is 2. The maximum absolute atomic E-state index is 11.8. The fourth-order valence-corrected chi connectivity index (χ4v) is 3.57. The topological polar surface area (TPSA) is 74.6 Å². The van der Waals surface area contributed by atoms with Crippen molar-refractivity contribution in [1.29, 1.82) is 0 Å². The summed E-state index contributed by atoms with van der Waals surface area (Å²) >= 11 is 0. The van der Waals surface area contributed by atoms with E-state index in [1.54, 1.807) is 6.08 Å². The molecule has 2 N–H and O–H groups in total. The number of aliphatic carboxylic acids is 1. The molecule has 0 aliphatic carbocycles. The van der Waals surface area contributed by atoms with E-state index < -0.39 is 13.3 Å². The summed E-state index contributed by atoms with van der Waals surface area (Å²) in [4.78, 5) is 20.7. The molecule has 0 bridgehead atoms. The molecule has 100 valence electrons. The molecule has 1 atom stereocenters. The molecule has 17 heavy (non-hydrogen) atoms. The molecule has 4 nitrogen and oxygen atoms in total. The lowest BCUT2D eigenvalue weighted by Gasteiger charge is -2.14. The Kier molecular flexibility index (Phi) is 6.73. The fraction of sp³-hybridized carbons (Fsp3) is 0.750. The number of carbonyl (C=O) groups is 1. The molecule has 1 unspecified atom stereocenters. The van der Waals surface area contributed by atoms with Gasteiger partial charge in [0.25, 0.3) is 0 Å². The Labute approximate surface area is 103 Å². The van der Waals surface area contributed by atoms with Crippen LogP contribution in [0.1, 0.15) is 34.1 Å². The zero-order chi connectivity index (χ0) is 13.6. The predicted molar refractivity (Wildman–Crippen MR) is 69.6 cm³/mol. The second-order valence-corrected chi connectivity index (χ2v) is 7.62. The van der Waals surface area contributed by atoms with Crippen molar-refractivity contribution in [2.75, 3.05) is 12.3 Å². The smallest absolute Gasteiger partial charge is 0.331 e. The highest BCUT2D eigenvalue weighted by Gasteiger charge is 2.24. The van der Waals surface area contributed by atoms with Crippen LogP contribution in [0.4, 0.5) is 0 Å². The number of carboxylic acid groups (broad SMARTS) is 1. The monoisotopic (exact) mass is 262 g/mol. The Hall–Kier alpha value is -0.600. The van der Waals surface area contributed by atoms with Crippen molar-refractivity contribution in [3.8, 4) is 0 Å². The zero-order valence-corrected chi connectivity index (χ0v) is 11.9. The van der Waals surface area contributed by atoms with E-state index in [9.17, 15) is 14.3 Å². The van der Waals surface area contributed by atoms with E-state index in [0.717, 1.165) is 0 Å². The molecule has 0 radical (unpaired) electrons. The molecule has 0 spiro atoms. The van der Waals surface area contributed by atoms with Crippen molar-refractivity contribution in [2.24, 2.45) is 11.8 Å². The average Bonchev–Trinajstić information content (AvgIpc) is 2.09. The van der Waals surface area contributed by atoms with Gasteiger partial charge in [0, 0.05) is 11.7 Å². The summed E-state index contributed by atoms with van der Waals surface area (Å²) in [7, 11) is -3.37. The predicted octanol–water partition coefficient (Wildman–Crippen LogP) is 2.97. The summed E-state index contributed by atoms with van der Waals surface area (Å²) in [6.45, 7) is 7.65. The Morgan fingerprint density at radius 3 is 2.12 bits per heavy atom. The molecule has 0 aliphatic heterocycles. The summed E-state index contributed by atoms with van der Waals surface area (Å²) < 4.78 is 11.8. The van der Waals surface area contributed by atoms with Crippen LogP contribution < -0.4 is 0 Å². The highest BCUT2D eigenvalue weighted by Crippen LogP contribution is 2.44. The van der Waals surface area contributed by atoms with E-state index >= 15 is 0 Å². The molecule has 0 rings (SSSR count). The van der Waals surface area contributed by atoms with Crippen LogP contribution in [-0.4, -0.2) is 28.3 Å².